The number of hydrogen-bond acceptors (Lipinski definition) is 1. The molecule has 0 N–H and O–H groups in total. The average Bonchev–Trinajstić information content (AvgIpc) is 3.07. The van der Waals surface area contributed by atoms with Crippen LogP contribution in [-0.4, -0.2) is 24.1 Å². The number of nitrogens with zero attached hydrogens (tertiary/aromatic N) is 2. The van der Waals surface area contributed by atoms with Crippen LogP contribution in [-0.2, 0) is 0 Å². The fourth-order valence-corrected chi connectivity index (χ4v) is 7.34. The predicted molar refractivity (Wildman–Crippen MR) is 128 cm³/mol. The van der Waals surface area contributed by atoms with Crippen LogP contribution in [0, 0.1) is 0 Å². The van der Waals surface area contributed by atoms with Crippen molar-refractivity contribution < 1.29 is 0 Å². The second kappa shape index (κ2) is 6.06. The monoisotopic (exact) mass is 448 g/mol. The number of hydrogen-bond donors (Lipinski definition) is 0. The molecule has 0 fully saturated rings. The molecule has 0 amide bonds. The van der Waals surface area contributed by atoms with Gasteiger partial charge in [-0.1, -0.05) is 0 Å². The van der Waals surface area contributed by atoms with Crippen LogP contribution in [0.5, 0.6) is 0 Å². The summed E-state index contributed by atoms with van der Waals surface area (Å²) in [5.74, 6) is 0. The standard InChI is InChI=1S/C27H16N2Se/c1-2-9-18(10-3-1)29-21-13-6-12-20-24(21)25-22(29)14-7-15-23(25)30-27-19-11-5-4-8-17(19)16-28-26(20)27/h1-16H. The van der Waals surface area contributed by atoms with E-state index in [1.807, 2.05) is 6.20 Å². The molecule has 0 aliphatic heterocycles. The molecule has 0 radical (unpaired) electrons. The van der Waals surface area contributed by atoms with Gasteiger partial charge in [0.15, 0.2) is 0 Å². The number of para-hydroxylation sites is 1. The number of aromatic nitrogens is 2. The normalized spacial score (nSPS) is 12.0. The molecule has 7 aromatic rings. The summed E-state index contributed by atoms with van der Waals surface area (Å²) in [5.41, 5.74) is 4.87. The number of fused-ring (bicyclic) bond motifs is 4. The Bertz CT molecular complexity index is 1740. The molecule has 0 saturated heterocycles. The van der Waals surface area contributed by atoms with Crippen LogP contribution in [0.2, 0.25) is 0 Å². The molecule has 0 saturated carbocycles. The molecule has 0 unspecified atom stereocenters. The van der Waals surface area contributed by atoms with Crippen molar-refractivity contribution in [1.82, 2.24) is 9.55 Å². The van der Waals surface area contributed by atoms with Crippen LogP contribution >= 0.6 is 0 Å². The van der Waals surface area contributed by atoms with E-state index in [2.05, 4.69) is 95.6 Å². The fraction of sp³-hybridized carbons (Fsp3) is 0. The fourth-order valence-electron chi connectivity index (χ4n) is 4.76. The summed E-state index contributed by atoms with van der Waals surface area (Å²) >= 11 is 0.178. The van der Waals surface area contributed by atoms with E-state index in [-0.39, 0.29) is 14.5 Å². The van der Waals surface area contributed by atoms with Crippen molar-refractivity contribution in [2.45, 2.75) is 0 Å². The molecule has 0 bridgehead atoms. The van der Waals surface area contributed by atoms with Crippen molar-refractivity contribution in [3.8, 4) is 5.69 Å². The first kappa shape index (κ1) is 16.4. The van der Waals surface area contributed by atoms with E-state index >= 15 is 0 Å². The maximum absolute atomic E-state index is 4.99. The van der Waals surface area contributed by atoms with E-state index < -0.39 is 0 Å². The zero-order valence-electron chi connectivity index (χ0n) is 16.0. The molecule has 140 valence electrons. The van der Waals surface area contributed by atoms with Crippen LogP contribution in [0.3, 0.4) is 0 Å². The van der Waals surface area contributed by atoms with Crippen molar-refractivity contribution in [2.75, 3.05) is 0 Å². The first-order valence-electron chi connectivity index (χ1n) is 10.1. The second-order valence-corrected chi connectivity index (χ2v) is 9.85. The van der Waals surface area contributed by atoms with Crippen LogP contribution < -0.4 is 0 Å². The van der Waals surface area contributed by atoms with Gasteiger partial charge < -0.3 is 0 Å². The van der Waals surface area contributed by atoms with Crippen molar-refractivity contribution in [3.05, 3.63) is 97.2 Å². The van der Waals surface area contributed by atoms with Crippen LogP contribution in [0.15, 0.2) is 97.2 Å². The third-order valence-electron chi connectivity index (χ3n) is 6.01. The summed E-state index contributed by atoms with van der Waals surface area (Å²) in [6, 6.07) is 32.8. The summed E-state index contributed by atoms with van der Waals surface area (Å²) in [6.07, 6.45) is 2.03. The first-order chi connectivity index (χ1) is 14.9. The summed E-state index contributed by atoms with van der Waals surface area (Å²) in [6.45, 7) is 0. The minimum atomic E-state index is 0.178. The molecule has 2 nitrogen and oxygen atoms in total. The molecule has 30 heavy (non-hydrogen) atoms. The Kier molecular flexibility index (Phi) is 3.31. The quantitative estimate of drug-likeness (QED) is 0.256. The molecular formula is C27H16N2Se. The molecule has 7 rings (SSSR count). The van der Waals surface area contributed by atoms with Gasteiger partial charge in [-0.3, -0.25) is 0 Å². The Morgan fingerprint density at radius 2 is 1.37 bits per heavy atom. The molecular weight excluding hydrogens is 431 g/mol. The van der Waals surface area contributed by atoms with Gasteiger partial charge in [0.2, 0.25) is 0 Å². The van der Waals surface area contributed by atoms with Gasteiger partial charge in [-0.2, -0.15) is 0 Å². The molecule has 3 aromatic heterocycles. The number of benzene rings is 4. The first-order valence-corrected chi connectivity index (χ1v) is 11.8. The van der Waals surface area contributed by atoms with Crippen LogP contribution in [0.1, 0.15) is 0 Å². The average molecular weight is 447 g/mol. The number of rotatable bonds is 1. The van der Waals surface area contributed by atoms with E-state index in [0.717, 1.165) is 5.52 Å². The van der Waals surface area contributed by atoms with E-state index in [4.69, 9.17) is 4.98 Å². The molecule has 0 spiro atoms. The van der Waals surface area contributed by atoms with Gasteiger partial charge in [-0.15, -0.1) is 0 Å². The summed E-state index contributed by atoms with van der Waals surface area (Å²) in [5, 5.41) is 6.51. The van der Waals surface area contributed by atoms with E-state index in [1.54, 1.807) is 0 Å². The Hall–Kier alpha value is -3.39. The molecule has 0 atom stereocenters. The van der Waals surface area contributed by atoms with Gasteiger partial charge in [0.05, 0.1) is 0 Å². The molecule has 0 aliphatic rings. The summed E-state index contributed by atoms with van der Waals surface area (Å²) < 4.78 is 5.23. The number of pyridine rings is 1. The van der Waals surface area contributed by atoms with Crippen molar-refractivity contribution in [2.24, 2.45) is 0 Å². The summed E-state index contributed by atoms with van der Waals surface area (Å²) in [7, 11) is 0. The van der Waals surface area contributed by atoms with Crippen LogP contribution in [0.4, 0.5) is 0 Å². The Balaban J connectivity index is 1.82. The third kappa shape index (κ3) is 2.11. The molecule has 3 heterocycles. The van der Waals surface area contributed by atoms with Gasteiger partial charge in [-0.25, -0.2) is 0 Å². The van der Waals surface area contributed by atoms with Gasteiger partial charge in [0.1, 0.15) is 0 Å². The third-order valence-corrected chi connectivity index (χ3v) is 8.48. The Labute approximate surface area is 178 Å². The summed E-state index contributed by atoms with van der Waals surface area (Å²) in [4.78, 5) is 4.99. The van der Waals surface area contributed by atoms with E-state index in [1.165, 1.54) is 52.2 Å². The zero-order chi connectivity index (χ0) is 19.7. The minimum absolute atomic E-state index is 0.178. The van der Waals surface area contributed by atoms with Crippen LogP contribution in [0.25, 0.3) is 57.7 Å². The molecule has 4 aromatic carbocycles. The SMILES string of the molecule is c1ccc(-n2c3cccc4[se]c5c6ccccc6cnc5c5cccc2c5c43)cc1. The van der Waals surface area contributed by atoms with E-state index in [0.29, 0.717) is 0 Å². The van der Waals surface area contributed by atoms with E-state index in [9.17, 15) is 0 Å². The topological polar surface area (TPSA) is 17.8 Å². The maximum atomic E-state index is 4.99. The van der Waals surface area contributed by atoms with Gasteiger partial charge in [0, 0.05) is 0 Å². The molecule has 3 heteroatoms. The van der Waals surface area contributed by atoms with Gasteiger partial charge >= 0.3 is 179 Å². The van der Waals surface area contributed by atoms with Crippen molar-refractivity contribution in [3.63, 3.8) is 0 Å². The second-order valence-electron chi connectivity index (χ2n) is 7.65. The molecule has 0 aliphatic carbocycles. The zero-order valence-corrected chi connectivity index (χ0v) is 17.8. The van der Waals surface area contributed by atoms with Crippen molar-refractivity contribution >= 4 is 66.5 Å². The van der Waals surface area contributed by atoms with Gasteiger partial charge in [-0.05, 0) is 0 Å². The Morgan fingerprint density at radius 1 is 0.633 bits per heavy atom. The van der Waals surface area contributed by atoms with Crippen molar-refractivity contribution in [1.29, 1.82) is 0 Å². The van der Waals surface area contributed by atoms with Gasteiger partial charge in [0.25, 0.3) is 0 Å². The Morgan fingerprint density at radius 3 is 2.27 bits per heavy atom. The predicted octanol–water partition coefficient (Wildman–Crippen LogP) is 6.70.